The van der Waals surface area contributed by atoms with Crippen molar-refractivity contribution in [2.45, 2.75) is 15.8 Å². The van der Waals surface area contributed by atoms with Crippen LogP contribution in [0.4, 0.5) is 0 Å². The van der Waals surface area contributed by atoms with Crippen LogP contribution in [0.25, 0.3) is 0 Å². The zero-order valence-electron chi connectivity index (χ0n) is 3.96. The van der Waals surface area contributed by atoms with Crippen molar-refractivity contribution in [3.8, 4) is 0 Å². The Kier molecular flexibility index (Phi) is 2.73. The highest BCUT2D eigenvalue weighted by Gasteiger charge is 2.40. The van der Waals surface area contributed by atoms with Crippen LogP contribution < -0.4 is 0 Å². The Balaban J connectivity index is 4.02. The van der Waals surface area contributed by atoms with E-state index in [0.29, 0.717) is 0 Å². The lowest BCUT2D eigenvalue weighted by molar-refractivity contribution is 0.154. The van der Waals surface area contributed by atoms with E-state index in [4.69, 9.17) is 51.5 Å². The minimum atomic E-state index is -1.82. The molecule has 50 valence electrons. The molecule has 0 bridgehead atoms. The van der Waals surface area contributed by atoms with Gasteiger partial charge in [-0.1, -0.05) is 46.4 Å². The maximum atomic E-state index is 8.72. The van der Waals surface area contributed by atoms with E-state index in [1.54, 1.807) is 0 Å². The number of hydrogen-bond donors (Lipinski definition) is 1. The van der Waals surface area contributed by atoms with E-state index in [0.717, 1.165) is 0 Å². The van der Waals surface area contributed by atoms with Gasteiger partial charge in [-0.25, -0.2) is 0 Å². The van der Waals surface area contributed by atoms with Crippen molar-refractivity contribution in [2.75, 3.05) is 0 Å². The molecule has 0 saturated heterocycles. The molecule has 0 radical (unpaired) electrons. The van der Waals surface area contributed by atoms with E-state index >= 15 is 0 Å². The Morgan fingerprint density at radius 3 is 1.25 bits per heavy atom. The highest BCUT2D eigenvalue weighted by Crippen LogP contribution is 2.40. The maximum Gasteiger partial charge on any atom is 0.232 e. The van der Waals surface area contributed by atoms with Crippen LogP contribution in [0.15, 0.2) is 0 Å². The molecule has 0 saturated carbocycles. The zero-order chi connectivity index (χ0) is 7.00. The molecule has 1 nitrogen and oxygen atoms in total. The second-order valence-corrected chi connectivity index (χ2v) is 4.47. The van der Waals surface area contributed by atoms with Crippen LogP contribution >= 0.6 is 46.4 Å². The van der Waals surface area contributed by atoms with Gasteiger partial charge >= 0.3 is 0 Å². The molecule has 0 fully saturated rings. The van der Waals surface area contributed by atoms with Crippen molar-refractivity contribution in [2.24, 2.45) is 0 Å². The van der Waals surface area contributed by atoms with Crippen molar-refractivity contribution in [1.82, 2.24) is 0 Å². The largest absolute Gasteiger partial charge is 0.371 e. The molecule has 0 aromatic heterocycles. The van der Waals surface area contributed by atoms with Crippen LogP contribution in [0.5, 0.6) is 0 Å². The Morgan fingerprint density at radius 2 is 1.25 bits per heavy atom. The van der Waals surface area contributed by atoms with Crippen molar-refractivity contribution < 1.29 is 5.11 Å². The normalized spacial score (nSPS) is 20.2. The molecule has 1 N–H and O–H groups in total. The smallest absolute Gasteiger partial charge is 0.232 e. The lowest BCUT2D eigenvalue weighted by Gasteiger charge is -2.22. The summed E-state index contributed by atoms with van der Waals surface area (Å²) in [6.45, 7) is 1.20. The number of aliphatic hydroxyl groups is 1. The minimum Gasteiger partial charge on any atom is -0.371 e. The van der Waals surface area contributed by atoms with E-state index in [-0.39, 0.29) is 0 Å². The molecule has 1 atom stereocenters. The highest BCUT2D eigenvalue weighted by molar-refractivity contribution is 6.70. The summed E-state index contributed by atoms with van der Waals surface area (Å²) in [5.41, 5.74) is 0. The van der Waals surface area contributed by atoms with Gasteiger partial charge in [-0.15, -0.1) is 0 Å². The fourth-order valence-electron chi connectivity index (χ4n) is 0. The molecular formula is C3H4Cl4O. The van der Waals surface area contributed by atoms with Gasteiger partial charge in [0.15, 0.2) is 5.06 Å². The van der Waals surface area contributed by atoms with Gasteiger partial charge in [0.2, 0.25) is 3.79 Å². The molecule has 0 aliphatic heterocycles. The lowest BCUT2D eigenvalue weighted by Crippen LogP contribution is -2.32. The van der Waals surface area contributed by atoms with Crippen LogP contribution in [0, 0.1) is 0 Å². The van der Waals surface area contributed by atoms with Crippen molar-refractivity contribution >= 4 is 46.4 Å². The number of rotatable bonds is 0. The SMILES string of the molecule is CC(O)(Cl)C(Cl)(Cl)Cl. The summed E-state index contributed by atoms with van der Waals surface area (Å²) in [5.74, 6) is 0. The number of hydrogen-bond acceptors (Lipinski definition) is 1. The van der Waals surface area contributed by atoms with Crippen LogP contribution in [0.1, 0.15) is 6.92 Å². The monoisotopic (exact) mass is 196 g/mol. The summed E-state index contributed by atoms with van der Waals surface area (Å²) in [4.78, 5) is 0. The average Bonchev–Trinajstić information content (AvgIpc) is 1.25. The lowest BCUT2D eigenvalue weighted by atomic mass is 10.5. The van der Waals surface area contributed by atoms with Crippen molar-refractivity contribution in [3.05, 3.63) is 0 Å². The molecule has 0 spiro atoms. The highest BCUT2D eigenvalue weighted by atomic mass is 35.6. The summed E-state index contributed by atoms with van der Waals surface area (Å²) in [6.07, 6.45) is 0. The van der Waals surface area contributed by atoms with E-state index in [9.17, 15) is 0 Å². The van der Waals surface area contributed by atoms with Crippen LogP contribution in [0.3, 0.4) is 0 Å². The first-order chi connectivity index (χ1) is 3.25. The third-order valence-corrected chi connectivity index (χ3v) is 2.20. The van der Waals surface area contributed by atoms with Crippen LogP contribution in [-0.2, 0) is 0 Å². The molecule has 1 unspecified atom stereocenters. The van der Waals surface area contributed by atoms with Gasteiger partial charge in [-0.3, -0.25) is 0 Å². The first-order valence-electron chi connectivity index (χ1n) is 1.73. The second-order valence-electron chi connectivity index (χ2n) is 1.45. The third-order valence-electron chi connectivity index (χ3n) is 0.517. The maximum absolute atomic E-state index is 8.72. The zero-order valence-corrected chi connectivity index (χ0v) is 6.98. The van der Waals surface area contributed by atoms with Gasteiger partial charge in [0.05, 0.1) is 0 Å². The fourth-order valence-corrected chi connectivity index (χ4v) is 0. The molecule has 0 aromatic rings. The molecular weight excluding hydrogens is 194 g/mol. The van der Waals surface area contributed by atoms with Crippen LogP contribution in [-0.4, -0.2) is 14.0 Å². The molecule has 8 heavy (non-hydrogen) atoms. The summed E-state index contributed by atoms with van der Waals surface area (Å²) in [5, 5.41) is 6.93. The summed E-state index contributed by atoms with van der Waals surface area (Å²) >= 11 is 20.6. The quantitative estimate of drug-likeness (QED) is 0.592. The molecule has 0 aliphatic carbocycles. The van der Waals surface area contributed by atoms with Gasteiger partial charge in [-0.2, -0.15) is 0 Å². The van der Waals surface area contributed by atoms with Gasteiger partial charge < -0.3 is 5.11 Å². The van der Waals surface area contributed by atoms with Crippen LogP contribution in [0.2, 0.25) is 0 Å². The second kappa shape index (κ2) is 2.39. The Bertz CT molecular complexity index is 66.3. The van der Waals surface area contributed by atoms with E-state index < -0.39 is 8.85 Å². The Morgan fingerprint density at radius 1 is 1.12 bits per heavy atom. The molecule has 0 rings (SSSR count). The first kappa shape index (κ1) is 9.12. The van der Waals surface area contributed by atoms with E-state index in [1.807, 2.05) is 0 Å². The molecule has 0 heterocycles. The fraction of sp³-hybridized carbons (Fsp3) is 1.00. The number of alkyl halides is 4. The third kappa shape index (κ3) is 2.60. The first-order valence-corrected chi connectivity index (χ1v) is 3.24. The van der Waals surface area contributed by atoms with Crippen molar-refractivity contribution in [1.29, 1.82) is 0 Å². The predicted octanol–water partition coefficient (Wildman–Crippen LogP) is 2.30. The predicted molar refractivity (Wildman–Crippen MR) is 36.8 cm³/mol. The molecule has 0 aliphatic rings. The number of halogens is 4. The van der Waals surface area contributed by atoms with Gasteiger partial charge in [0, 0.05) is 0 Å². The summed E-state index contributed by atoms with van der Waals surface area (Å²) in [6, 6.07) is 0. The molecule has 0 aromatic carbocycles. The standard InChI is InChI=1S/C3H4Cl4O/c1-2(4,8)3(5,6)7/h8H,1H3. The summed E-state index contributed by atoms with van der Waals surface area (Å²) < 4.78 is -1.82. The average molecular weight is 198 g/mol. The Hall–Kier alpha value is 1.12. The van der Waals surface area contributed by atoms with Gasteiger partial charge in [0.1, 0.15) is 0 Å². The topological polar surface area (TPSA) is 20.2 Å². The van der Waals surface area contributed by atoms with E-state index in [1.165, 1.54) is 6.92 Å². The van der Waals surface area contributed by atoms with Gasteiger partial charge in [0.25, 0.3) is 0 Å². The Labute approximate surface area is 67.5 Å². The molecule has 0 amide bonds. The molecule has 5 heteroatoms. The van der Waals surface area contributed by atoms with E-state index in [2.05, 4.69) is 0 Å². The minimum absolute atomic E-state index is 1.20. The summed E-state index contributed by atoms with van der Waals surface area (Å²) in [7, 11) is 0. The van der Waals surface area contributed by atoms with Crippen molar-refractivity contribution in [3.63, 3.8) is 0 Å². The van der Waals surface area contributed by atoms with Gasteiger partial charge in [-0.05, 0) is 6.92 Å².